The first-order valence-electron chi connectivity index (χ1n) is 11.7. The minimum atomic E-state index is -4.47. The number of nitrogens with one attached hydrogen (secondary N) is 1. The molecular formula is C27H34F3N3O2. The van der Waals surface area contributed by atoms with Crippen LogP contribution in [0, 0.1) is 5.41 Å². The summed E-state index contributed by atoms with van der Waals surface area (Å²) in [6.07, 6.45) is -0.721. The van der Waals surface area contributed by atoms with Gasteiger partial charge in [0.15, 0.2) is 0 Å². The van der Waals surface area contributed by atoms with Crippen molar-refractivity contribution in [2.24, 2.45) is 0 Å². The lowest BCUT2D eigenvalue weighted by molar-refractivity contribution is -0.138. The molecule has 5 nitrogen and oxygen atoms in total. The Kier molecular flexibility index (Phi) is 10.5. The van der Waals surface area contributed by atoms with Crippen molar-refractivity contribution in [1.29, 1.82) is 5.41 Å². The van der Waals surface area contributed by atoms with E-state index in [0.717, 1.165) is 30.9 Å². The summed E-state index contributed by atoms with van der Waals surface area (Å²) in [6.45, 7) is 7.58. The van der Waals surface area contributed by atoms with E-state index >= 15 is 0 Å². The lowest BCUT2D eigenvalue weighted by Crippen LogP contribution is -2.10. The molecule has 0 aliphatic rings. The van der Waals surface area contributed by atoms with Gasteiger partial charge in [-0.15, -0.1) is 0 Å². The molecule has 1 atom stereocenters. The number of halogens is 3. The molecule has 3 rings (SSSR count). The van der Waals surface area contributed by atoms with Gasteiger partial charge in [0.25, 0.3) is 0 Å². The molecule has 0 amide bonds. The maximum Gasteiger partial charge on any atom is 0.416 e. The quantitative estimate of drug-likeness (QED) is 0.310. The molecule has 2 aromatic carbocycles. The van der Waals surface area contributed by atoms with E-state index in [2.05, 4.69) is 17.1 Å². The van der Waals surface area contributed by atoms with Gasteiger partial charge in [0.1, 0.15) is 5.75 Å². The summed E-state index contributed by atoms with van der Waals surface area (Å²) in [5.41, 5.74) is 1.50. The van der Waals surface area contributed by atoms with Gasteiger partial charge in [0.05, 0.1) is 12.7 Å². The predicted molar refractivity (Wildman–Crippen MR) is 132 cm³/mol. The van der Waals surface area contributed by atoms with Crippen molar-refractivity contribution in [2.75, 3.05) is 7.11 Å². The predicted octanol–water partition coefficient (Wildman–Crippen LogP) is 7.89. The minimum Gasteiger partial charge on any atom is -0.497 e. The average Bonchev–Trinajstić information content (AvgIpc) is 3.31. The second-order valence-corrected chi connectivity index (χ2v) is 8.72. The highest BCUT2D eigenvalue weighted by molar-refractivity contribution is 5.75. The second-order valence-electron chi connectivity index (χ2n) is 8.72. The number of nitrogens with zero attached hydrogens (tertiary/aromatic N) is 2. The van der Waals surface area contributed by atoms with E-state index in [-0.39, 0.29) is 23.7 Å². The van der Waals surface area contributed by atoms with E-state index in [1.54, 1.807) is 39.2 Å². The molecule has 1 aromatic heterocycles. The van der Waals surface area contributed by atoms with Crippen molar-refractivity contribution in [3.05, 3.63) is 65.0 Å². The largest absolute Gasteiger partial charge is 0.497 e. The number of hydrogen-bond acceptors (Lipinski definition) is 5. The third-order valence-electron chi connectivity index (χ3n) is 5.37. The average molecular weight is 490 g/mol. The Morgan fingerprint density at radius 3 is 2.31 bits per heavy atom. The Labute approximate surface area is 205 Å². The van der Waals surface area contributed by atoms with E-state index in [0.29, 0.717) is 29.3 Å². The molecule has 190 valence electrons. The molecule has 1 heterocycles. The third-order valence-corrected chi connectivity index (χ3v) is 5.37. The van der Waals surface area contributed by atoms with Crippen molar-refractivity contribution in [1.82, 2.24) is 10.1 Å². The molecule has 0 saturated heterocycles. The van der Waals surface area contributed by atoms with Gasteiger partial charge in [-0.3, -0.25) is 0 Å². The van der Waals surface area contributed by atoms with Crippen LogP contribution in [0.3, 0.4) is 0 Å². The first-order chi connectivity index (χ1) is 16.5. The zero-order valence-corrected chi connectivity index (χ0v) is 21.0. The topological polar surface area (TPSA) is 72.0 Å². The Balaban J connectivity index is 0.00000100. The molecule has 0 aliphatic carbocycles. The smallest absolute Gasteiger partial charge is 0.416 e. The number of aromatic nitrogens is 2. The Morgan fingerprint density at radius 2 is 1.74 bits per heavy atom. The summed E-state index contributed by atoms with van der Waals surface area (Å²) in [5, 5.41) is 10.4. The summed E-state index contributed by atoms with van der Waals surface area (Å²) in [7, 11) is 1.57. The number of ether oxygens (including phenoxy) is 1. The second kappa shape index (κ2) is 13.1. The van der Waals surface area contributed by atoms with Gasteiger partial charge >= 0.3 is 6.18 Å². The van der Waals surface area contributed by atoms with Crippen molar-refractivity contribution in [2.45, 2.75) is 71.9 Å². The normalized spacial score (nSPS) is 12.0. The van der Waals surface area contributed by atoms with E-state index in [9.17, 15) is 13.2 Å². The fourth-order valence-corrected chi connectivity index (χ4v) is 3.46. The van der Waals surface area contributed by atoms with Crippen LogP contribution in [0.4, 0.5) is 13.2 Å². The van der Waals surface area contributed by atoms with E-state index in [1.165, 1.54) is 6.07 Å². The maximum atomic E-state index is 13.8. The summed E-state index contributed by atoms with van der Waals surface area (Å²) in [6, 6.07) is 11.6. The van der Waals surface area contributed by atoms with E-state index in [1.807, 2.05) is 19.1 Å². The molecule has 1 N–H and O–H groups in total. The van der Waals surface area contributed by atoms with Crippen LogP contribution in [0.2, 0.25) is 0 Å². The maximum absolute atomic E-state index is 13.8. The van der Waals surface area contributed by atoms with Crippen molar-refractivity contribution >= 4 is 5.71 Å². The highest BCUT2D eigenvalue weighted by Gasteiger charge is 2.34. The lowest BCUT2D eigenvalue weighted by Gasteiger charge is -2.14. The number of benzene rings is 2. The van der Waals surface area contributed by atoms with Gasteiger partial charge in [-0.05, 0) is 62.4 Å². The van der Waals surface area contributed by atoms with Gasteiger partial charge in [0, 0.05) is 17.2 Å². The summed E-state index contributed by atoms with van der Waals surface area (Å²) >= 11 is 0. The first kappa shape index (κ1) is 28.1. The number of aryl methyl sites for hydroxylation is 2. The highest BCUT2D eigenvalue weighted by atomic mass is 19.4. The van der Waals surface area contributed by atoms with Gasteiger partial charge in [-0.25, -0.2) is 0 Å². The zero-order valence-electron chi connectivity index (χ0n) is 21.0. The van der Waals surface area contributed by atoms with Crippen molar-refractivity contribution < 1.29 is 22.4 Å². The minimum absolute atomic E-state index is 0.0760. The number of hydrogen-bond donors (Lipinski definition) is 1. The van der Waals surface area contributed by atoms with Gasteiger partial charge in [0.2, 0.25) is 11.7 Å². The van der Waals surface area contributed by atoms with Crippen LogP contribution < -0.4 is 4.74 Å². The van der Waals surface area contributed by atoms with E-state index in [4.69, 9.17) is 14.7 Å². The van der Waals surface area contributed by atoms with Gasteiger partial charge in [-0.1, -0.05) is 56.1 Å². The molecule has 35 heavy (non-hydrogen) atoms. The third kappa shape index (κ3) is 8.85. The Bertz CT molecular complexity index is 1070. The number of alkyl halides is 3. The molecule has 0 bridgehead atoms. The number of unbranched alkanes of at least 4 members (excludes halogenated alkanes) is 1. The monoisotopic (exact) mass is 489 g/mol. The summed E-state index contributed by atoms with van der Waals surface area (Å²) < 4.78 is 51.7. The Hall–Kier alpha value is -3.16. The fourth-order valence-electron chi connectivity index (χ4n) is 3.46. The van der Waals surface area contributed by atoms with Crippen LogP contribution in [0.5, 0.6) is 5.75 Å². The first-order valence-corrected chi connectivity index (χ1v) is 11.7. The molecule has 3 aromatic rings. The molecule has 0 saturated carbocycles. The van der Waals surface area contributed by atoms with Crippen LogP contribution in [-0.4, -0.2) is 23.0 Å². The SMILES string of the molecule is CC(C)=N.CCCC[C@H](C)c1nc(-c2ccc(CCc3ccc(OC)cc3)c(C(F)(F)F)c2)no1. The molecule has 0 spiro atoms. The standard InChI is InChI=1S/C24H27F3N2O2.C3H7N/c1-4-5-6-16(2)23-28-22(29-31-23)19-12-11-18(21(15-19)24(25,26)27)10-7-17-8-13-20(30-3)14-9-17;1-3(2)4/h8-9,11-16H,4-7,10H2,1-3H3;4H,1-2H3/t16-;/m0./s1. The van der Waals surface area contributed by atoms with Crippen LogP contribution in [-0.2, 0) is 19.0 Å². The zero-order chi connectivity index (χ0) is 26.0. The molecule has 8 heteroatoms. The Morgan fingerprint density at radius 1 is 1.09 bits per heavy atom. The summed E-state index contributed by atoms with van der Waals surface area (Å²) in [4.78, 5) is 4.34. The van der Waals surface area contributed by atoms with E-state index < -0.39 is 11.7 Å². The molecule has 0 aliphatic heterocycles. The molecular weight excluding hydrogens is 455 g/mol. The van der Waals surface area contributed by atoms with Crippen LogP contribution in [0.1, 0.15) is 75.5 Å². The number of rotatable bonds is 9. The molecule has 0 unspecified atom stereocenters. The molecule has 0 fully saturated rings. The van der Waals surface area contributed by atoms with Crippen molar-refractivity contribution in [3.8, 4) is 17.1 Å². The molecule has 0 radical (unpaired) electrons. The number of methoxy groups -OCH3 is 1. The lowest BCUT2D eigenvalue weighted by atomic mass is 9.97. The summed E-state index contributed by atoms with van der Waals surface area (Å²) in [5.74, 6) is 1.44. The highest BCUT2D eigenvalue weighted by Crippen LogP contribution is 2.35. The van der Waals surface area contributed by atoms with Crippen LogP contribution in [0.15, 0.2) is 47.0 Å². The van der Waals surface area contributed by atoms with Gasteiger partial charge in [-0.2, -0.15) is 18.2 Å². The van der Waals surface area contributed by atoms with Crippen LogP contribution in [0.25, 0.3) is 11.4 Å². The van der Waals surface area contributed by atoms with Gasteiger partial charge < -0.3 is 14.7 Å². The fraction of sp³-hybridized carbons (Fsp3) is 0.444. The van der Waals surface area contributed by atoms with Crippen LogP contribution >= 0.6 is 0 Å². The van der Waals surface area contributed by atoms with Crippen molar-refractivity contribution in [3.63, 3.8) is 0 Å².